The number of nitro groups is 1. The number of hydrazone groups is 1. The van der Waals surface area contributed by atoms with Crippen molar-refractivity contribution < 1.29 is 14.1 Å². The van der Waals surface area contributed by atoms with Gasteiger partial charge in [-0.05, 0) is 54.1 Å². The van der Waals surface area contributed by atoms with Crippen molar-refractivity contribution in [2.45, 2.75) is 12.5 Å². The van der Waals surface area contributed by atoms with Crippen LogP contribution < -0.4 is 9.75 Å². The Kier molecular flexibility index (Phi) is 5.36. The van der Waals surface area contributed by atoms with E-state index in [-0.39, 0.29) is 11.7 Å². The van der Waals surface area contributed by atoms with Gasteiger partial charge in [0.1, 0.15) is 23.3 Å². The minimum absolute atomic E-state index is 0.0300. The number of methoxy groups -OCH3 is 1. The minimum Gasteiger partial charge on any atom is -0.497 e. The van der Waals surface area contributed by atoms with Crippen molar-refractivity contribution in [1.82, 2.24) is 0 Å². The Morgan fingerprint density at radius 3 is 2.48 bits per heavy atom. The number of para-hydroxylation sites is 1. The van der Waals surface area contributed by atoms with Crippen molar-refractivity contribution in [3.8, 4) is 17.1 Å². The molecule has 4 aromatic rings. The number of non-ortho nitro benzene ring substituents is 1. The van der Waals surface area contributed by atoms with E-state index in [2.05, 4.69) is 0 Å². The van der Waals surface area contributed by atoms with E-state index in [1.807, 2.05) is 71.7 Å². The zero-order valence-corrected chi connectivity index (χ0v) is 17.9. The lowest BCUT2D eigenvalue weighted by molar-refractivity contribution is -0.384. The molecule has 7 nitrogen and oxygen atoms in total. The van der Waals surface area contributed by atoms with Crippen molar-refractivity contribution in [3.05, 3.63) is 112 Å². The maximum absolute atomic E-state index is 11.2. The molecule has 0 N–H and O–H groups in total. The average Bonchev–Trinajstić information content (AvgIpc) is 3.52. The Labute approximate surface area is 190 Å². The van der Waals surface area contributed by atoms with Crippen LogP contribution in [-0.2, 0) is 0 Å². The molecule has 1 atom stereocenters. The number of benzene rings is 3. The second-order valence-electron chi connectivity index (χ2n) is 7.68. The van der Waals surface area contributed by atoms with Gasteiger partial charge in [-0.2, -0.15) is 5.10 Å². The molecule has 1 aliphatic rings. The van der Waals surface area contributed by atoms with Crippen molar-refractivity contribution in [2.24, 2.45) is 5.10 Å². The molecule has 33 heavy (non-hydrogen) atoms. The summed E-state index contributed by atoms with van der Waals surface area (Å²) in [6.45, 7) is 0. The molecule has 164 valence electrons. The number of ether oxygens (including phenoxy) is 1. The Bertz CT molecular complexity index is 1310. The SMILES string of the molecule is COc1ccc(C2=NN(c3ccccc3)C(c3ccc(-c4cccc([N+](=O)[O-])c4)o3)C2)cc1. The Morgan fingerprint density at radius 2 is 1.76 bits per heavy atom. The largest absolute Gasteiger partial charge is 0.497 e. The predicted molar refractivity (Wildman–Crippen MR) is 127 cm³/mol. The fourth-order valence-electron chi connectivity index (χ4n) is 3.97. The maximum Gasteiger partial charge on any atom is 0.270 e. The minimum atomic E-state index is -0.406. The molecule has 0 aliphatic carbocycles. The third-order valence-electron chi connectivity index (χ3n) is 5.65. The van der Waals surface area contributed by atoms with Crippen LogP contribution in [0.1, 0.15) is 23.8 Å². The van der Waals surface area contributed by atoms with Crippen molar-refractivity contribution in [1.29, 1.82) is 0 Å². The van der Waals surface area contributed by atoms with Crippen LogP contribution in [0.25, 0.3) is 11.3 Å². The van der Waals surface area contributed by atoms with E-state index < -0.39 is 4.92 Å². The van der Waals surface area contributed by atoms with E-state index in [0.29, 0.717) is 17.7 Å². The molecule has 1 unspecified atom stereocenters. The highest BCUT2D eigenvalue weighted by Crippen LogP contribution is 2.39. The third kappa shape index (κ3) is 4.08. The number of rotatable bonds is 6. The lowest BCUT2D eigenvalue weighted by Crippen LogP contribution is -2.17. The number of hydrogen-bond acceptors (Lipinski definition) is 6. The molecular weight excluding hydrogens is 418 g/mol. The van der Waals surface area contributed by atoms with Crippen LogP contribution in [0.4, 0.5) is 11.4 Å². The van der Waals surface area contributed by atoms with Gasteiger partial charge in [0.2, 0.25) is 0 Å². The highest BCUT2D eigenvalue weighted by Gasteiger charge is 2.32. The molecule has 7 heteroatoms. The molecule has 0 fully saturated rings. The van der Waals surface area contributed by atoms with Crippen LogP contribution in [0.5, 0.6) is 5.75 Å². The van der Waals surface area contributed by atoms with Crippen LogP contribution in [0.3, 0.4) is 0 Å². The molecule has 1 aliphatic heterocycles. The van der Waals surface area contributed by atoms with Crippen LogP contribution in [0, 0.1) is 10.1 Å². The van der Waals surface area contributed by atoms with E-state index >= 15 is 0 Å². The number of nitro benzene ring substituents is 1. The average molecular weight is 439 g/mol. The summed E-state index contributed by atoms with van der Waals surface area (Å²) < 4.78 is 11.5. The Morgan fingerprint density at radius 1 is 0.970 bits per heavy atom. The standard InChI is InChI=1S/C26H21N3O4/c1-32-22-12-10-18(11-13-22)23-17-24(28(27-23)20-7-3-2-4-8-20)26-15-14-25(33-26)19-6-5-9-21(16-19)29(30)31/h2-16,24H,17H2,1H3. The van der Waals surface area contributed by atoms with Crippen molar-refractivity contribution >= 4 is 17.1 Å². The van der Waals surface area contributed by atoms with Gasteiger partial charge in [-0.3, -0.25) is 15.1 Å². The molecule has 0 saturated heterocycles. The van der Waals surface area contributed by atoms with Crippen LogP contribution >= 0.6 is 0 Å². The monoisotopic (exact) mass is 439 g/mol. The highest BCUT2D eigenvalue weighted by molar-refractivity contribution is 6.03. The smallest absolute Gasteiger partial charge is 0.270 e. The van der Waals surface area contributed by atoms with Crippen LogP contribution in [0.2, 0.25) is 0 Å². The zero-order valence-electron chi connectivity index (χ0n) is 17.9. The van der Waals surface area contributed by atoms with Crippen LogP contribution in [-0.4, -0.2) is 17.7 Å². The fourth-order valence-corrected chi connectivity index (χ4v) is 3.97. The summed E-state index contributed by atoms with van der Waals surface area (Å²) in [5, 5.41) is 18.0. The molecule has 5 rings (SSSR count). The van der Waals surface area contributed by atoms with Crippen molar-refractivity contribution in [2.75, 3.05) is 12.1 Å². The van der Waals surface area contributed by atoms with Gasteiger partial charge in [0, 0.05) is 24.1 Å². The fraction of sp³-hybridized carbons (Fsp3) is 0.115. The van der Waals surface area contributed by atoms with Gasteiger partial charge in [0.05, 0.1) is 23.4 Å². The lowest BCUT2D eigenvalue weighted by Gasteiger charge is -2.21. The second kappa shape index (κ2) is 8.63. The molecule has 3 aromatic carbocycles. The topological polar surface area (TPSA) is 81.1 Å². The first-order valence-corrected chi connectivity index (χ1v) is 10.5. The number of nitrogens with zero attached hydrogens (tertiary/aromatic N) is 3. The predicted octanol–water partition coefficient (Wildman–Crippen LogP) is 6.22. The van der Waals surface area contributed by atoms with E-state index in [0.717, 1.165) is 28.5 Å². The molecule has 0 saturated carbocycles. The molecular formula is C26H21N3O4. The van der Waals surface area contributed by atoms with E-state index in [1.54, 1.807) is 19.2 Å². The van der Waals surface area contributed by atoms with Gasteiger partial charge < -0.3 is 9.15 Å². The first kappa shape index (κ1) is 20.5. The maximum atomic E-state index is 11.2. The van der Waals surface area contributed by atoms with Gasteiger partial charge >= 0.3 is 0 Å². The van der Waals surface area contributed by atoms with Crippen LogP contribution in [0.15, 0.2) is 101 Å². The normalized spacial score (nSPS) is 15.4. The molecule has 0 spiro atoms. The molecule has 0 radical (unpaired) electrons. The van der Waals surface area contributed by atoms with E-state index in [4.69, 9.17) is 14.3 Å². The Hall–Kier alpha value is -4.39. The highest BCUT2D eigenvalue weighted by atomic mass is 16.6. The zero-order chi connectivity index (χ0) is 22.8. The van der Waals surface area contributed by atoms with Gasteiger partial charge in [0.15, 0.2) is 0 Å². The van der Waals surface area contributed by atoms with Gasteiger partial charge in [0.25, 0.3) is 5.69 Å². The second-order valence-corrected chi connectivity index (χ2v) is 7.68. The lowest BCUT2D eigenvalue weighted by atomic mass is 10.0. The summed E-state index contributed by atoms with van der Waals surface area (Å²) in [5.41, 5.74) is 3.61. The summed E-state index contributed by atoms with van der Waals surface area (Å²) in [4.78, 5) is 10.7. The molecule has 2 heterocycles. The summed E-state index contributed by atoms with van der Waals surface area (Å²) in [5.74, 6) is 2.12. The quantitative estimate of drug-likeness (QED) is 0.263. The summed E-state index contributed by atoms with van der Waals surface area (Å²) in [6, 6.07) is 27.9. The first-order valence-electron chi connectivity index (χ1n) is 10.5. The molecule has 0 amide bonds. The number of furan rings is 1. The van der Waals surface area contributed by atoms with Crippen molar-refractivity contribution in [3.63, 3.8) is 0 Å². The van der Waals surface area contributed by atoms with Gasteiger partial charge in [-0.1, -0.05) is 30.3 Å². The van der Waals surface area contributed by atoms with E-state index in [1.165, 1.54) is 12.1 Å². The van der Waals surface area contributed by atoms with Gasteiger partial charge in [-0.15, -0.1) is 0 Å². The van der Waals surface area contributed by atoms with Gasteiger partial charge in [-0.25, -0.2) is 0 Å². The number of hydrogen-bond donors (Lipinski definition) is 0. The third-order valence-corrected chi connectivity index (χ3v) is 5.65. The summed E-state index contributed by atoms with van der Waals surface area (Å²) >= 11 is 0. The number of anilines is 1. The molecule has 1 aromatic heterocycles. The summed E-state index contributed by atoms with van der Waals surface area (Å²) in [7, 11) is 1.64. The summed E-state index contributed by atoms with van der Waals surface area (Å²) in [6.07, 6.45) is 0.656. The molecule has 0 bridgehead atoms. The Balaban J connectivity index is 1.49. The van der Waals surface area contributed by atoms with E-state index in [9.17, 15) is 10.1 Å². The first-order chi connectivity index (χ1) is 16.1.